The van der Waals surface area contributed by atoms with E-state index in [4.69, 9.17) is 33.4 Å². The van der Waals surface area contributed by atoms with Crippen LogP contribution in [0.5, 0.6) is 0 Å². The molecule has 0 aliphatic rings. The number of aromatic nitrogens is 2. The number of nitrogens with two attached hydrogens (primary N) is 1. The highest BCUT2D eigenvalue weighted by molar-refractivity contribution is 7.98. The molecule has 0 saturated carbocycles. The molecule has 1 aromatic heterocycles. The Bertz CT molecular complexity index is 527. The number of rotatable bonds is 4. The quantitative estimate of drug-likeness (QED) is 0.831. The summed E-state index contributed by atoms with van der Waals surface area (Å²) in [5.41, 5.74) is 6.49. The van der Waals surface area contributed by atoms with Crippen LogP contribution in [0.3, 0.4) is 0 Å². The van der Waals surface area contributed by atoms with Crippen molar-refractivity contribution in [2.45, 2.75) is 23.9 Å². The number of benzene rings is 1. The summed E-state index contributed by atoms with van der Waals surface area (Å²) >= 11 is 13.5. The lowest BCUT2D eigenvalue weighted by molar-refractivity contribution is -0.00000421. The predicted octanol–water partition coefficient (Wildman–Crippen LogP) is 0.692. The largest absolute Gasteiger partial charge is 1.00 e. The smallest absolute Gasteiger partial charge is 0.276 e. The van der Waals surface area contributed by atoms with Crippen LogP contribution in [0, 0.1) is 0 Å². The monoisotopic (exact) mass is 338 g/mol. The second kappa shape index (κ2) is 7.36. The van der Waals surface area contributed by atoms with E-state index in [1.807, 2.05) is 0 Å². The minimum atomic E-state index is -0.268. The van der Waals surface area contributed by atoms with Crippen molar-refractivity contribution < 1.29 is 16.8 Å². The van der Waals surface area contributed by atoms with E-state index in [0.29, 0.717) is 26.9 Å². The first kappa shape index (κ1) is 16.6. The lowest BCUT2D eigenvalue weighted by Crippen LogP contribution is -3.00. The fourth-order valence-electron chi connectivity index (χ4n) is 1.27. The third kappa shape index (κ3) is 4.26. The van der Waals surface area contributed by atoms with E-state index in [9.17, 15) is 0 Å². The Balaban J connectivity index is 0.00000180. The van der Waals surface area contributed by atoms with Gasteiger partial charge in [0.25, 0.3) is 5.22 Å². The molecule has 0 radical (unpaired) electrons. The van der Waals surface area contributed by atoms with Gasteiger partial charge in [0.2, 0.25) is 5.89 Å². The van der Waals surface area contributed by atoms with Gasteiger partial charge in [0.15, 0.2) is 0 Å². The number of thioether (sulfide) groups is 1. The Morgan fingerprint density at radius 2 is 1.95 bits per heavy atom. The molecule has 2 N–H and O–H groups in total. The van der Waals surface area contributed by atoms with Gasteiger partial charge in [0.1, 0.15) is 0 Å². The molecule has 0 saturated heterocycles. The lowest BCUT2D eigenvalue weighted by atomic mass is 10.2. The second-order valence-corrected chi connectivity index (χ2v) is 5.42. The Labute approximate surface area is 131 Å². The van der Waals surface area contributed by atoms with E-state index in [2.05, 4.69) is 10.2 Å². The highest BCUT2D eigenvalue weighted by Gasteiger charge is 2.12. The molecule has 1 aromatic carbocycles. The summed E-state index contributed by atoms with van der Waals surface area (Å²) in [5.74, 6) is 0.988. The average Bonchev–Trinajstić information content (AvgIpc) is 2.77. The number of nitrogens with zero attached hydrogens (tertiary/aromatic N) is 2. The van der Waals surface area contributed by atoms with Gasteiger partial charge >= 0.3 is 0 Å². The van der Waals surface area contributed by atoms with Gasteiger partial charge in [0.05, 0.1) is 6.04 Å². The molecule has 0 amide bonds. The molecule has 0 aliphatic carbocycles. The van der Waals surface area contributed by atoms with Crippen LogP contribution < -0.4 is 18.1 Å². The number of hydrogen-bond donors (Lipinski definition) is 1. The van der Waals surface area contributed by atoms with Gasteiger partial charge in [0, 0.05) is 15.8 Å². The minimum absolute atomic E-state index is 0. The van der Waals surface area contributed by atoms with E-state index in [-0.39, 0.29) is 18.4 Å². The second-order valence-electron chi connectivity index (χ2n) is 3.68. The fraction of sp³-hybridized carbons (Fsp3) is 0.273. The van der Waals surface area contributed by atoms with Gasteiger partial charge in [-0.05, 0) is 24.6 Å². The third-order valence-corrected chi connectivity index (χ3v) is 3.77. The molecule has 19 heavy (non-hydrogen) atoms. The molecule has 2 rings (SSSR count). The molecule has 0 fully saturated rings. The van der Waals surface area contributed by atoms with Crippen LogP contribution in [0.15, 0.2) is 27.8 Å². The van der Waals surface area contributed by atoms with Gasteiger partial charge in [-0.1, -0.05) is 41.0 Å². The van der Waals surface area contributed by atoms with E-state index < -0.39 is 0 Å². The summed E-state index contributed by atoms with van der Waals surface area (Å²) in [6, 6.07) is 5.13. The van der Waals surface area contributed by atoms with Gasteiger partial charge in [-0.2, -0.15) is 0 Å². The molecule has 1 heterocycles. The summed E-state index contributed by atoms with van der Waals surface area (Å²) in [6.45, 7) is 1.78. The van der Waals surface area contributed by atoms with E-state index in [1.165, 1.54) is 11.8 Å². The summed E-state index contributed by atoms with van der Waals surface area (Å²) in [5, 5.41) is 9.45. The van der Waals surface area contributed by atoms with E-state index >= 15 is 0 Å². The summed E-state index contributed by atoms with van der Waals surface area (Å²) < 4.78 is 5.38. The van der Waals surface area contributed by atoms with Gasteiger partial charge in [-0.3, -0.25) is 0 Å². The van der Waals surface area contributed by atoms with Crippen LogP contribution in [0.2, 0.25) is 10.0 Å². The molecule has 0 unspecified atom stereocenters. The van der Waals surface area contributed by atoms with Gasteiger partial charge < -0.3 is 22.6 Å². The molecule has 0 spiro atoms. The van der Waals surface area contributed by atoms with Crippen LogP contribution in [0.4, 0.5) is 0 Å². The van der Waals surface area contributed by atoms with Crippen molar-refractivity contribution in [1.29, 1.82) is 0 Å². The van der Waals surface area contributed by atoms with Gasteiger partial charge in [-0.25, -0.2) is 0 Å². The topological polar surface area (TPSA) is 64.9 Å². The fourth-order valence-corrected chi connectivity index (χ4v) is 2.78. The highest BCUT2D eigenvalue weighted by Crippen LogP contribution is 2.31. The van der Waals surface area contributed by atoms with Crippen molar-refractivity contribution in [3.05, 3.63) is 39.7 Å². The zero-order valence-corrected chi connectivity index (χ0v) is 13.0. The molecular weight excluding hydrogens is 329 g/mol. The maximum atomic E-state index is 6.07. The highest BCUT2D eigenvalue weighted by atomic mass is 35.5. The Morgan fingerprint density at radius 1 is 1.32 bits per heavy atom. The van der Waals surface area contributed by atoms with Crippen LogP contribution in [-0.4, -0.2) is 10.2 Å². The first-order chi connectivity index (χ1) is 8.58. The van der Waals surface area contributed by atoms with Gasteiger partial charge in [-0.15, -0.1) is 10.2 Å². The molecule has 4 nitrogen and oxygen atoms in total. The van der Waals surface area contributed by atoms with E-state index in [0.717, 1.165) is 5.56 Å². The predicted molar refractivity (Wildman–Crippen MR) is 72.9 cm³/mol. The Hall–Kier alpha value is -0.460. The van der Waals surface area contributed by atoms with Crippen LogP contribution in [0.1, 0.15) is 24.4 Å². The summed E-state index contributed by atoms with van der Waals surface area (Å²) in [7, 11) is 0. The van der Waals surface area contributed by atoms with Crippen LogP contribution >= 0.6 is 35.0 Å². The zero-order chi connectivity index (χ0) is 13.1. The maximum Gasteiger partial charge on any atom is 0.276 e. The normalized spacial score (nSPS) is 12.0. The lowest BCUT2D eigenvalue weighted by Gasteiger charge is -2.04. The maximum absolute atomic E-state index is 6.07. The molecule has 0 bridgehead atoms. The van der Waals surface area contributed by atoms with Crippen LogP contribution in [-0.2, 0) is 5.75 Å². The Kier molecular flexibility index (Phi) is 6.42. The number of halogens is 3. The molecular formula is C11H11Cl3N3OS-. The first-order valence-electron chi connectivity index (χ1n) is 5.22. The third-order valence-electron chi connectivity index (χ3n) is 2.21. The SMILES string of the molecule is C[C@H](N)c1nnc(SCc2c(Cl)cccc2Cl)o1.[Cl-]. The van der Waals surface area contributed by atoms with Crippen LogP contribution in [0.25, 0.3) is 0 Å². The van der Waals surface area contributed by atoms with Crippen molar-refractivity contribution in [2.24, 2.45) is 5.73 Å². The van der Waals surface area contributed by atoms with Crippen molar-refractivity contribution >= 4 is 35.0 Å². The van der Waals surface area contributed by atoms with Crippen molar-refractivity contribution in [3.8, 4) is 0 Å². The number of hydrogen-bond acceptors (Lipinski definition) is 5. The molecule has 0 aliphatic heterocycles. The Morgan fingerprint density at radius 3 is 2.47 bits per heavy atom. The standard InChI is InChI=1S/C11H11Cl2N3OS.ClH/c1-6(14)10-15-16-11(17-10)18-5-7-8(12)3-2-4-9(7)13;/h2-4,6H,5,14H2,1H3;1H/p-1/t6-;/m0./s1. The molecule has 8 heteroatoms. The van der Waals surface area contributed by atoms with E-state index in [1.54, 1.807) is 25.1 Å². The summed E-state index contributed by atoms with van der Waals surface area (Å²) in [6.07, 6.45) is 0. The van der Waals surface area contributed by atoms with Crippen molar-refractivity contribution in [1.82, 2.24) is 10.2 Å². The first-order valence-corrected chi connectivity index (χ1v) is 6.96. The molecule has 2 aromatic rings. The summed E-state index contributed by atoms with van der Waals surface area (Å²) in [4.78, 5) is 0. The van der Waals surface area contributed by atoms with Crippen molar-refractivity contribution in [2.75, 3.05) is 0 Å². The molecule has 104 valence electrons. The van der Waals surface area contributed by atoms with Crippen molar-refractivity contribution in [3.63, 3.8) is 0 Å². The molecule has 1 atom stereocenters. The zero-order valence-electron chi connectivity index (χ0n) is 9.94. The average molecular weight is 340 g/mol. The minimum Gasteiger partial charge on any atom is -1.00 e.